The second-order valence-corrected chi connectivity index (χ2v) is 5.50. The molecular formula is C13H28N2. The highest BCUT2D eigenvalue weighted by molar-refractivity contribution is 4.85. The maximum absolute atomic E-state index is 3.81. The van der Waals surface area contributed by atoms with Gasteiger partial charge in [0.05, 0.1) is 0 Å². The van der Waals surface area contributed by atoms with Gasteiger partial charge in [0, 0.05) is 24.7 Å². The molecule has 0 aromatic heterocycles. The minimum absolute atomic E-state index is 0.696. The van der Waals surface area contributed by atoms with Gasteiger partial charge in [-0.3, -0.25) is 4.90 Å². The molecule has 1 aliphatic heterocycles. The molecule has 0 saturated carbocycles. The standard InChI is InChI=1S/C13H28N2/c1-6-13(10(2)3)14-12-7-8-15(9-12)11(4)5/h10-14H,6-9H2,1-5H3. The smallest absolute Gasteiger partial charge is 0.0209 e. The lowest BCUT2D eigenvalue weighted by molar-refractivity contribution is 0.259. The SMILES string of the molecule is CCC(NC1CCN(C(C)C)C1)C(C)C. The number of rotatable bonds is 5. The van der Waals surface area contributed by atoms with Crippen molar-refractivity contribution in [1.29, 1.82) is 0 Å². The third-order valence-corrected chi connectivity index (χ3v) is 3.64. The van der Waals surface area contributed by atoms with E-state index in [1.807, 2.05) is 0 Å². The van der Waals surface area contributed by atoms with Crippen LogP contribution in [-0.4, -0.2) is 36.1 Å². The molecule has 0 aromatic carbocycles. The van der Waals surface area contributed by atoms with Gasteiger partial charge in [-0.15, -0.1) is 0 Å². The van der Waals surface area contributed by atoms with E-state index >= 15 is 0 Å². The van der Waals surface area contributed by atoms with Crippen LogP contribution in [0.3, 0.4) is 0 Å². The van der Waals surface area contributed by atoms with Crippen molar-refractivity contribution < 1.29 is 0 Å². The first kappa shape index (κ1) is 13.0. The van der Waals surface area contributed by atoms with Gasteiger partial charge in [0.15, 0.2) is 0 Å². The van der Waals surface area contributed by atoms with E-state index in [9.17, 15) is 0 Å². The molecule has 0 aromatic rings. The van der Waals surface area contributed by atoms with E-state index in [1.165, 1.54) is 25.9 Å². The molecule has 1 N–H and O–H groups in total. The second-order valence-electron chi connectivity index (χ2n) is 5.50. The van der Waals surface area contributed by atoms with E-state index in [1.54, 1.807) is 0 Å². The Bertz CT molecular complexity index is 177. The van der Waals surface area contributed by atoms with Crippen LogP contribution in [0.2, 0.25) is 0 Å². The zero-order valence-corrected chi connectivity index (χ0v) is 11.1. The maximum atomic E-state index is 3.81. The molecule has 2 atom stereocenters. The van der Waals surface area contributed by atoms with Gasteiger partial charge in [0.2, 0.25) is 0 Å². The van der Waals surface area contributed by atoms with Gasteiger partial charge in [-0.05, 0) is 39.2 Å². The Hall–Kier alpha value is -0.0800. The monoisotopic (exact) mass is 212 g/mol. The summed E-state index contributed by atoms with van der Waals surface area (Å²) in [5.74, 6) is 0.753. The summed E-state index contributed by atoms with van der Waals surface area (Å²) in [6.07, 6.45) is 2.57. The van der Waals surface area contributed by atoms with Gasteiger partial charge >= 0.3 is 0 Å². The molecule has 1 aliphatic rings. The molecule has 2 unspecified atom stereocenters. The Morgan fingerprint density at radius 2 is 1.93 bits per heavy atom. The minimum Gasteiger partial charge on any atom is -0.310 e. The summed E-state index contributed by atoms with van der Waals surface area (Å²) in [6, 6.07) is 2.12. The van der Waals surface area contributed by atoms with Crippen molar-refractivity contribution in [3.05, 3.63) is 0 Å². The summed E-state index contributed by atoms with van der Waals surface area (Å²) in [5, 5.41) is 3.81. The Balaban J connectivity index is 2.34. The van der Waals surface area contributed by atoms with Crippen molar-refractivity contribution in [1.82, 2.24) is 10.2 Å². The van der Waals surface area contributed by atoms with Crippen molar-refractivity contribution >= 4 is 0 Å². The van der Waals surface area contributed by atoms with E-state index in [2.05, 4.69) is 44.8 Å². The molecule has 15 heavy (non-hydrogen) atoms. The van der Waals surface area contributed by atoms with Gasteiger partial charge in [0.1, 0.15) is 0 Å². The highest BCUT2D eigenvalue weighted by atomic mass is 15.2. The molecule has 1 heterocycles. The molecule has 0 spiro atoms. The molecule has 0 aliphatic carbocycles. The molecular weight excluding hydrogens is 184 g/mol. The fourth-order valence-corrected chi connectivity index (χ4v) is 2.48. The zero-order chi connectivity index (χ0) is 11.4. The largest absolute Gasteiger partial charge is 0.310 e. The van der Waals surface area contributed by atoms with Crippen LogP contribution in [-0.2, 0) is 0 Å². The number of likely N-dealkylation sites (tertiary alicyclic amines) is 1. The topological polar surface area (TPSA) is 15.3 Å². The highest BCUT2D eigenvalue weighted by Gasteiger charge is 2.26. The lowest BCUT2D eigenvalue weighted by Gasteiger charge is -2.26. The van der Waals surface area contributed by atoms with E-state index in [-0.39, 0.29) is 0 Å². The van der Waals surface area contributed by atoms with Crippen LogP contribution in [0, 0.1) is 5.92 Å². The predicted molar refractivity (Wildman–Crippen MR) is 67.2 cm³/mol. The number of hydrogen-bond acceptors (Lipinski definition) is 2. The second kappa shape index (κ2) is 5.86. The van der Waals surface area contributed by atoms with Crippen molar-refractivity contribution in [2.24, 2.45) is 5.92 Å². The van der Waals surface area contributed by atoms with Gasteiger partial charge in [-0.2, -0.15) is 0 Å². The van der Waals surface area contributed by atoms with E-state index in [0.29, 0.717) is 12.1 Å². The Labute approximate surface area is 95.4 Å². The van der Waals surface area contributed by atoms with E-state index in [4.69, 9.17) is 0 Å². The fraction of sp³-hybridized carbons (Fsp3) is 1.00. The van der Waals surface area contributed by atoms with Crippen molar-refractivity contribution in [2.75, 3.05) is 13.1 Å². The molecule has 2 nitrogen and oxygen atoms in total. The van der Waals surface area contributed by atoms with Gasteiger partial charge in [-0.1, -0.05) is 20.8 Å². The highest BCUT2D eigenvalue weighted by Crippen LogP contribution is 2.15. The number of nitrogens with one attached hydrogen (secondary N) is 1. The average Bonchev–Trinajstić information content (AvgIpc) is 2.61. The molecule has 90 valence electrons. The fourth-order valence-electron chi connectivity index (χ4n) is 2.48. The lowest BCUT2D eigenvalue weighted by Crippen LogP contribution is -2.43. The van der Waals surface area contributed by atoms with Crippen LogP contribution < -0.4 is 5.32 Å². The van der Waals surface area contributed by atoms with Crippen LogP contribution in [0.15, 0.2) is 0 Å². The first-order valence-electron chi connectivity index (χ1n) is 6.54. The minimum atomic E-state index is 0.696. The van der Waals surface area contributed by atoms with Crippen LogP contribution in [0.25, 0.3) is 0 Å². The van der Waals surface area contributed by atoms with E-state index in [0.717, 1.165) is 12.0 Å². The Morgan fingerprint density at radius 1 is 1.27 bits per heavy atom. The Morgan fingerprint density at radius 3 is 2.33 bits per heavy atom. The molecule has 1 rings (SSSR count). The van der Waals surface area contributed by atoms with Gasteiger partial charge in [0.25, 0.3) is 0 Å². The molecule has 0 radical (unpaired) electrons. The summed E-state index contributed by atoms with van der Waals surface area (Å²) in [5.41, 5.74) is 0. The molecule has 1 fully saturated rings. The summed E-state index contributed by atoms with van der Waals surface area (Å²) in [7, 11) is 0. The van der Waals surface area contributed by atoms with Crippen molar-refractivity contribution in [3.63, 3.8) is 0 Å². The summed E-state index contributed by atoms with van der Waals surface area (Å²) in [6.45, 7) is 14.0. The molecule has 0 bridgehead atoms. The predicted octanol–water partition coefficient (Wildman–Crippen LogP) is 2.49. The quantitative estimate of drug-likeness (QED) is 0.753. The summed E-state index contributed by atoms with van der Waals surface area (Å²) < 4.78 is 0. The van der Waals surface area contributed by atoms with Gasteiger partial charge in [-0.25, -0.2) is 0 Å². The Kier molecular flexibility index (Phi) is 5.07. The first-order chi connectivity index (χ1) is 7.04. The summed E-state index contributed by atoms with van der Waals surface area (Å²) >= 11 is 0. The van der Waals surface area contributed by atoms with Crippen LogP contribution in [0.4, 0.5) is 0 Å². The average molecular weight is 212 g/mol. The number of hydrogen-bond donors (Lipinski definition) is 1. The number of nitrogens with zero attached hydrogens (tertiary/aromatic N) is 1. The lowest BCUT2D eigenvalue weighted by atomic mass is 10.0. The first-order valence-corrected chi connectivity index (χ1v) is 6.54. The molecule has 1 saturated heterocycles. The molecule has 2 heteroatoms. The van der Waals surface area contributed by atoms with E-state index < -0.39 is 0 Å². The van der Waals surface area contributed by atoms with Crippen LogP contribution >= 0.6 is 0 Å². The third kappa shape index (κ3) is 3.76. The van der Waals surface area contributed by atoms with Crippen molar-refractivity contribution in [2.45, 2.75) is 65.6 Å². The zero-order valence-electron chi connectivity index (χ0n) is 11.1. The van der Waals surface area contributed by atoms with Crippen LogP contribution in [0.5, 0.6) is 0 Å². The third-order valence-electron chi connectivity index (χ3n) is 3.64. The van der Waals surface area contributed by atoms with Gasteiger partial charge < -0.3 is 5.32 Å². The van der Waals surface area contributed by atoms with Crippen molar-refractivity contribution in [3.8, 4) is 0 Å². The van der Waals surface area contributed by atoms with Crippen LogP contribution in [0.1, 0.15) is 47.5 Å². The summed E-state index contributed by atoms with van der Waals surface area (Å²) in [4.78, 5) is 2.57. The normalized spacial score (nSPS) is 25.4. The molecule has 0 amide bonds. The maximum Gasteiger partial charge on any atom is 0.0209 e.